The van der Waals surface area contributed by atoms with Crippen LogP contribution in [0.3, 0.4) is 0 Å². The van der Waals surface area contributed by atoms with Crippen molar-refractivity contribution in [3.05, 3.63) is 64.7 Å². The minimum atomic E-state index is -3.11. The molecule has 4 rings (SSSR count). The molecule has 1 saturated heterocycles. The third-order valence-corrected chi connectivity index (χ3v) is 7.47. The van der Waals surface area contributed by atoms with Crippen LogP contribution in [0.25, 0.3) is 16.6 Å². The van der Waals surface area contributed by atoms with Crippen molar-refractivity contribution >= 4 is 38.4 Å². The molecular weight excluding hydrogens is 429 g/mol. The van der Waals surface area contributed by atoms with Crippen LogP contribution in [0.4, 0.5) is 4.39 Å². The third-order valence-electron chi connectivity index (χ3n) is 4.77. The second-order valence-electron chi connectivity index (χ2n) is 6.96. The highest BCUT2D eigenvalue weighted by atomic mass is 32.2. The first-order valence-electron chi connectivity index (χ1n) is 9.23. The van der Waals surface area contributed by atoms with E-state index < -0.39 is 27.3 Å². The summed E-state index contributed by atoms with van der Waals surface area (Å²) < 4.78 is 38.7. The van der Waals surface area contributed by atoms with E-state index in [4.69, 9.17) is 0 Å². The smallest absolute Gasteiger partial charge is 0.266 e. The first-order chi connectivity index (χ1) is 14.3. The largest absolute Gasteiger partial charge is 0.352 e. The number of amides is 1. The maximum absolute atomic E-state index is 14.4. The summed E-state index contributed by atoms with van der Waals surface area (Å²) in [5.41, 5.74) is 0.0564. The highest BCUT2D eigenvalue weighted by Gasteiger charge is 2.29. The van der Waals surface area contributed by atoms with E-state index >= 15 is 0 Å². The Labute approximate surface area is 176 Å². The molecule has 1 N–H and O–H groups in total. The molecule has 0 spiro atoms. The van der Waals surface area contributed by atoms with Crippen LogP contribution in [0.2, 0.25) is 0 Å². The monoisotopic (exact) mass is 447 g/mol. The first-order valence-corrected chi connectivity index (χ1v) is 12.0. The number of sulfone groups is 1. The van der Waals surface area contributed by atoms with Crippen LogP contribution in [0.15, 0.2) is 58.5 Å². The molecule has 0 radical (unpaired) electrons. The Morgan fingerprint density at radius 2 is 1.93 bits per heavy atom. The number of fused-ring (bicyclic) bond motifs is 1. The summed E-state index contributed by atoms with van der Waals surface area (Å²) in [7, 11) is -3.11. The van der Waals surface area contributed by atoms with Crippen molar-refractivity contribution in [2.75, 3.05) is 17.3 Å². The van der Waals surface area contributed by atoms with E-state index in [1.165, 1.54) is 18.2 Å². The Balaban J connectivity index is 1.64. The fraction of sp³-hybridized carbons (Fsp3) is 0.250. The second kappa shape index (κ2) is 8.19. The molecule has 0 bridgehead atoms. The second-order valence-corrected chi connectivity index (χ2v) is 10.1. The van der Waals surface area contributed by atoms with Crippen molar-refractivity contribution in [3.63, 3.8) is 0 Å². The van der Waals surface area contributed by atoms with Gasteiger partial charge in [-0.25, -0.2) is 17.8 Å². The molecule has 30 heavy (non-hydrogen) atoms. The van der Waals surface area contributed by atoms with E-state index in [1.54, 1.807) is 30.3 Å². The molecule has 10 heteroatoms. The van der Waals surface area contributed by atoms with Gasteiger partial charge in [0, 0.05) is 6.04 Å². The number of carbonyl (C=O) groups excluding carboxylic acids is 1. The lowest BCUT2D eigenvalue weighted by molar-refractivity contribution is -0.119. The number of nitrogens with zero attached hydrogens (tertiary/aromatic N) is 2. The molecule has 156 valence electrons. The molecule has 1 aliphatic rings. The number of halogens is 1. The highest BCUT2D eigenvalue weighted by molar-refractivity contribution is 7.99. The zero-order valence-electron chi connectivity index (χ0n) is 15.7. The SMILES string of the molecule is O=C(CSc1nc2ccccc2c(=O)n1-c1ccccc1F)N[C@H]1CCS(=O)(=O)C1. The van der Waals surface area contributed by atoms with E-state index in [0.717, 1.165) is 16.3 Å². The number of nitrogens with one attached hydrogen (secondary N) is 1. The van der Waals surface area contributed by atoms with Crippen molar-refractivity contribution in [2.24, 2.45) is 0 Å². The summed E-state index contributed by atoms with van der Waals surface area (Å²) in [6.45, 7) is 0. The summed E-state index contributed by atoms with van der Waals surface area (Å²) in [6, 6.07) is 12.2. The summed E-state index contributed by atoms with van der Waals surface area (Å²) in [5.74, 6) is -1.05. The topological polar surface area (TPSA) is 98.1 Å². The Bertz CT molecular complexity index is 1290. The fourth-order valence-electron chi connectivity index (χ4n) is 3.36. The minimum absolute atomic E-state index is 0.0468. The Kier molecular flexibility index (Phi) is 5.61. The van der Waals surface area contributed by atoms with Gasteiger partial charge in [0.15, 0.2) is 15.0 Å². The molecule has 2 heterocycles. The quantitative estimate of drug-likeness (QED) is 0.474. The van der Waals surface area contributed by atoms with Gasteiger partial charge in [0.25, 0.3) is 5.56 Å². The zero-order valence-corrected chi connectivity index (χ0v) is 17.4. The first kappa shape index (κ1) is 20.5. The number of hydrogen-bond acceptors (Lipinski definition) is 6. The summed E-state index contributed by atoms with van der Waals surface area (Å²) >= 11 is 0.995. The molecule has 1 aromatic heterocycles. The van der Waals surface area contributed by atoms with Crippen LogP contribution in [-0.4, -0.2) is 47.2 Å². The molecule has 1 aliphatic heterocycles. The number of para-hydroxylation sites is 2. The molecule has 7 nitrogen and oxygen atoms in total. The average Bonchev–Trinajstić information content (AvgIpc) is 3.05. The van der Waals surface area contributed by atoms with Crippen molar-refractivity contribution in [1.29, 1.82) is 0 Å². The Morgan fingerprint density at radius 1 is 1.20 bits per heavy atom. The number of rotatable bonds is 5. The fourth-order valence-corrected chi connectivity index (χ4v) is 5.85. The van der Waals surface area contributed by atoms with Gasteiger partial charge >= 0.3 is 0 Å². The van der Waals surface area contributed by atoms with Crippen LogP contribution in [0.5, 0.6) is 0 Å². The van der Waals surface area contributed by atoms with Gasteiger partial charge in [-0.1, -0.05) is 36.0 Å². The molecule has 0 aliphatic carbocycles. The lowest BCUT2D eigenvalue weighted by atomic mass is 10.2. The van der Waals surface area contributed by atoms with Gasteiger partial charge in [-0.2, -0.15) is 0 Å². The molecule has 2 aromatic carbocycles. The Hall–Kier alpha value is -2.72. The number of carbonyl (C=O) groups is 1. The maximum atomic E-state index is 14.4. The molecule has 0 saturated carbocycles. The van der Waals surface area contributed by atoms with Crippen LogP contribution >= 0.6 is 11.8 Å². The zero-order chi connectivity index (χ0) is 21.3. The minimum Gasteiger partial charge on any atom is -0.352 e. The molecule has 1 fully saturated rings. The van der Waals surface area contributed by atoms with Gasteiger partial charge in [0.1, 0.15) is 5.82 Å². The van der Waals surface area contributed by atoms with Crippen LogP contribution in [0.1, 0.15) is 6.42 Å². The van der Waals surface area contributed by atoms with Gasteiger partial charge in [0.2, 0.25) is 5.91 Å². The van der Waals surface area contributed by atoms with E-state index in [1.807, 2.05) is 0 Å². The third kappa shape index (κ3) is 4.24. The molecule has 3 aromatic rings. The number of hydrogen-bond donors (Lipinski definition) is 1. The maximum Gasteiger partial charge on any atom is 0.266 e. The van der Waals surface area contributed by atoms with Gasteiger partial charge < -0.3 is 5.32 Å². The van der Waals surface area contributed by atoms with Crippen molar-refractivity contribution in [2.45, 2.75) is 17.6 Å². The number of benzene rings is 2. The molecule has 0 unspecified atom stereocenters. The number of thioether (sulfide) groups is 1. The van der Waals surface area contributed by atoms with Crippen molar-refractivity contribution < 1.29 is 17.6 Å². The van der Waals surface area contributed by atoms with Gasteiger partial charge in [-0.15, -0.1) is 0 Å². The van der Waals surface area contributed by atoms with Crippen molar-refractivity contribution in [1.82, 2.24) is 14.9 Å². The van der Waals surface area contributed by atoms with Crippen LogP contribution in [-0.2, 0) is 14.6 Å². The van der Waals surface area contributed by atoms with E-state index in [-0.39, 0.29) is 34.0 Å². The number of aromatic nitrogens is 2. The molecule has 1 amide bonds. The highest BCUT2D eigenvalue weighted by Crippen LogP contribution is 2.23. The molecular formula is C20H18FN3O4S2. The summed E-state index contributed by atoms with van der Waals surface area (Å²) in [4.78, 5) is 29.9. The van der Waals surface area contributed by atoms with Crippen LogP contribution in [0, 0.1) is 5.82 Å². The summed E-state index contributed by atoms with van der Waals surface area (Å²) in [5, 5.41) is 3.22. The lowest BCUT2D eigenvalue weighted by Crippen LogP contribution is -2.36. The van der Waals surface area contributed by atoms with E-state index in [2.05, 4.69) is 10.3 Å². The van der Waals surface area contributed by atoms with E-state index in [0.29, 0.717) is 17.3 Å². The normalized spacial score (nSPS) is 17.8. The van der Waals surface area contributed by atoms with Crippen LogP contribution < -0.4 is 10.9 Å². The van der Waals surface area contributed by atoms with E-state index in [9.17, 15) is 22.4 Å². The van der Waals surface area contributed by atoms with Crippen molar-refractivity contribution in [3.8, 4) is 5.69 Å². The predicted octanol–water partition coefficient (Wildman–Crippen LogP) is 1.92. The van der Waals surface area contributed by atoms with Gasteiger partial charge in [0.05, 0.1) is 33.8 Å². The summed E-state index contributed by atoms with van der Waals surface area (Å²) in [6.07, 6.45) is 0.382. The molecule has 1 atom stereocenters. The van der Waals surface area contributed by atoms with Gasteiger partial charge in [-0.3, -0.25) is 14.2 Å². The predicted molar refractivity (Wildman–Crippen MR) is 113 cm³/mol. The lowest BCUT2D eigenvalue weighted by Gasteiger charge is -2.14. The van der Waals surface area contributed by atoms with Gasteiger partial charge in [-0.05, 0) is 30.7 Å². The Morgan fingerprint density at radius 3 is 2.67 bits per heavy atom. The standard InChI is InChI=1S/C20H18FN3O4S2/c21-15-6-2-4-8-17(15)24-19(26)14-5-1-3-7-16(14)23-20(24)29-11-18(25)22-13-9-10-30(27,28)12-13/h1-8,13H,9-12H2,(H,22,25)/t13-/m0/s1. The average molecular weight is 448 g/mol.